The number of nitrogens with zero attached hydrogens (tertiary/aromatic N) is 2. The monoisotopic (exact) mass is 399 g/mol. The first-order valence-corrected chi connectivity index (χ1v) is 9.65. The Hall–Kier alpha value is -2.92. The fourth-order valence-corrected chi connectivity index (χ4v) is 3.67. The molecule has 0 saturated carbocycles. The summed E-state index contributed by atoms with van der Waals surface area (Å²) in [6.07, 6.45) is 0. The molecule has 0 atom stereocenters. The zero-order chi connectivity index (χ0) is 19.6. The van der Waals surface area contributed by atoms with E-state index < -0.39 is 10.0 Å². The van der Waals surface area contributed by atoms with Gasteiger partial charge in [0.1, 0.15) is 11.6 Å². The molecule has 2 N–H and O–H groups in total. The van der Waals surface area contributed by atoms with Crippen LogP contribution in [-0.4, -0.2) is 20.5 Å². The van der Waals surface area contributed by atoms with E-state index in [2.05, 4.69) is 4.98 Å². The Kier molecular flexibility index (Phi) is 5.15. The minimum Gasteiger partial charge on any atom is -0.480 e. The van der Waals surface area contributed by atoms with Gasteiger partial charge in [0.2, 0.25) is 15.9 Å². The summed E-state index contributed by atoms with van der Waals surface area (Å²) >= 11 is 6.10. The third kappa shape index (κ3) is 3.78. The van der Waals surface area contributed by atoms with Gasteiger partial charge in [0.25, 0.3) is 0 Å². The smallest absolute Gasteiger partial charge is 0.238 e. The molecule has 0 spiro atoms. The van der Waals surface area contributed by atoms with Crippen molar-refractivity contribution in [2.75, 3.05) is 7.11 Å². The molecule has 3 aromatic rings. The molecule has 0 aliphatic rings. The number of nitriles is 1. The van der Waals surface area contributed by atoms with Crippen LogP contribution < -0.4 is 9.88 Å². The van der Waals surface area contributed by atoms with Crippen LogP contribution in [0.5, 0.6) is 5.88 Å². The number of aromatic nitrogens is 1. The van der Waals surface area contributed by atoms with Crippen LogP contribution in [0.1, 0.15) is 5.56 Å². The highest BCUT2D eigenvalue weighted by Crippen LogP contribution is 2.37. The topological polar surface area (TPSA) is 106 Å². The number of primary sulfonamides is 1. The van der Waals surface area contributed by atoms with Crippen molar-refractivity contribution in [2.45, 2.75) is 4.90 Å². The van der Waals surface area contributed by atoms with Gasteiger partial charge in [-0.05, 0) is 24.3 Å². The average Bonchev–Trinajstić information content (AvgIpc) is 2.66. The van der Waals surface area contributed by atoms with Crippen LogP contribution in [0.3, 0.4) is 0 Å². The van der Waals surface area contributed by atoms with Crippen LogP contribution in [0, 0.1) is 11.3 Å². The zero-order valence-corrected chi connectivity index (χ0v) is 15.8. The van der Waals surface area contributed by atoms with Crippen LogP contribution in [0.4, 0.5) is 0 Å². The number of pyridine rings is 1. The normalized spacial score (nSPS) is 11.0. The molecular formula is C19H14ClN3O3S. The van der Waals surface area contributed by atoms with Gasteiger partial charge >= 0.3 is 0 Å². The van der Waals surface area contributed by atoms with E-state index in [4.69, 9.17) is 21.5 Å². The average molecular weight is 400 g/mol. The van der Waals surface area contributed by atoms with Gasteiger partial charge in [-0.2, -0.15) is 5.26 Å². The lowest BCUT2D eigenvalue weighted by molar-refractivity contribution is 0.397. The molecule has 0 radical (unpaired) electrons. The summed E-state index contributed by atoms with van der Waals surface area (Å²) in [4.78, 5) is 4.37. The van der Waals surface area contributed by atoms with Gasteiger partial charge in [-0.25, -0.2) is 18.5 Å². The van der Waals surface area contributed by atoms with Crippen molar-refractivity contribution in [2.24, 2.45) is 5.14 Å². The Morgan fingerprint density at radius 1 is 1.11 bits per heavy atom. The molecule has 0 aliphatic carbocycles. The fraction of sp³-hybridized carbons (Fsp3) is 0.0526. The maximum Gasteiger partial charge on any atom is 0.238 e. The second-order valence-corrected chi connectivity index (χ2v) is 7.57. The van der Waals surface area contributed by atoms with Gasteiger partial charge in [0.05, 0.1) is 17.7 Å². The van der Waals surface area contributed by atoms with Crippen molar-refractivity contribution in [3.8, 4) is 34.3 Å². The standard InChI is InChI=1S/C19H14ClN3O3S/c1-26-19-13(11-21)10-16(15-7-2-3-8-17(15)27(22,24)25)18(23-19)12-5-4-6-14(20)9-12/h2-10H,1H3,(H2,22,24,25). The summed E-state index contributed by atoms with van der Waals surface area (Å²) in [5.41, 5.74) is 2.00. The third-order valence-electron chi connectivity index (χ3n) is 3.88. The van der Waals surface area contributed by atoms with E-state index in [1.807, 2.05) is 6.07 Å². The number of hydrogen-bond donors (Lipinski definition) is 1. The van der Waals surface area contributed by atoms with Gasteiger partial charge < -0.3 is 4.74 Å². The van der Waals surface area contributed by atoms with Crippen LogP contribution >= 0.6 is 11.6 Å². The molecule has 1 heterocycles. The molecule has 0 unspecified atom stereocenters. The second-order valence-electron chi connectivity index (χ2n) is 5.60. The number of halogens is 1. The summed E-state index contributed by atoms with van der Waals surface area (Å²) in [5, 5.41) is 15.3. The molecule has 0 saturated heterocycles. The molecule has 27 heavy (non-hydrogen) atoms. The molecule has 3 rings (SSSR count). The largest absolute Gasteiger partial charge is 0.480 e. The van der Waals surface area contributed by atoms with E-state index in [-0.39, 0.29) is 16.3 Å². The SMILES string of the molecule is COc1nc(-c2cccc(Cl)c2)c(-c2ccccc2S(N)(=O)=O)cc1C#N. The number of sulfonamides is 1. The van der Waals surface area contributed by atoms with Crippen molar-refractivity contribution in [3.05, 3.63) is 65.2 Å². The van der Waals surface area contributed by atoms with E-state index in [1.54, 1.807) is 42.5 Å². The highest BCUT2D eigenvalue weighted by Gasteiger charge is 2.21. The van der Waals surface area contributed by atoms with Gasteiger partial charge in [-0.15, -0.1) is 0 Å². The lowest BCUT2D eigenvalue weighted by atomic mass is 9.97. The maximum atomic E-state index is 12.1. The molecular weight excluding hydrogens is 386 g/mol. The Labute approximate surface area is 161 Å². The van der Waals surface area contributed by atoms with Gasteiger partial charge in [0, 0.05) is 21.7 Å². The van der Waals surface area contributed by atoms with E-state index in [1.165, 1.54) is 19.2 Å². The Balaban J connectivity index is 2.42. The predicted molar refractivity (Wildman–Crippen MR) is 103 cm³/mol. The maximum absolute atomic E-state index is 12.1. The van der Waals surface area contributed by atoms with Crippen molar-refractivity contribution in [1.82, 2.24) is 4.98 Å². The fourth-order valence-electron chi connectivity index (χ4n) is 2.73. The summed E-state index contributed by atoms with van der Waals surface area (Å²) in [6.45, 7) is 0. The Bertz CT molecular complexity index is 1170. The number of nitrogens with two attached hydrogens (primary N) is 1. The van der Waals surface area contributed by atoms with Crippen LogP contribution in [-0.2, 0) is 10.0 Å². The number of methoxy groups -OCH3 is 1. The highest BCUT2D eigenvalue weighted by atomic mass is 35.5. The molecule has 0 fully saturated rings. The Morgan fingerprint density at radius 2 is 1.85 bits per heavy atom. The summed E-state index contributed by atoms with van der Waals surface area (Å²) in [7, 11) is -2.59. The van der Waals surface area contributed by atoms with Crippen LogP contribution in [0.25, 0.3) is 22.4 Å². The van der Waals surface area contributed by atoms with E-state index in [9.17, 15) is 13.7 Å². The van der Waals surface area contributed by atoms with Crippen molar-refractivity contribution >= 4 is 21.6 Å². The second kappa shape index (κ2) is 7.37. The van der Waals surface area contributed by atoms with Crippen LogP contribution in [0.15, 0.2) is 59.5 Å². The van der Waals surface area contributed by atoms with E-state index in [0.717, 1.165) is 0 Å². The first-order valence-electron chi connectivity index (χ1n) is 7.72. The molecule has 0 amide bonds. The zero-order valence-electron chi connectivity index (χ0n) is 14.2. The minimum absolute atomic E-state index is 0.0656. The summed E-state index contributed by atoms with van der Waals surface area (Å²) < 4.78 is 29.3. The van der Waals surface area contributed by atoms with Gasteiger partial charge in [-0.1, -0.05) is 41.9 Å². The molecule has 1 aromatic heterocycles. The van der Waals surface area contributed by atoms with Gasteiger partial charge in [-0.3, -0.25) is 0 Å². The molecule has 136 valence electrons. The van der Waals surface area contributed by atoms with Gasteiger partial charge in [0.15, 0.2) is 0 Å². The number of ether oxygens (including phenoxy) is 1. The summed E-state index contributed by atoms with van der Waals surface area (Å²) in [5.74, 6) is 0.129. The number of rotatable bonds is 4. The van der Waals surface area contributed by atoms with Crippen molar-refractivity contribution < 1.29 is 13.2 Å². The number of hydrogen-bond acceptors (Lipinski definition) is 5. The molecule has 2 aromatic carbocycles. The Morgan fingerprint density at radius 3 is 2.48 bits per heavy atom. The molecule has 8 heteroatoms. The molecule has 0 aliphatic heterocycles. The first-order chi connectivity index (χ1) is 12.8. The van der Waals surface area contributed by atoms with E-state index in [0.29, 0.717) is 27.4 Å². The lowest BCUT2D eigenvalue weighted by Gasteiger charge is -2.15. The third-order valence-corrected chi connectivity index (χ3v) is 5.09. The minimum atomic E-state index is -3.99. The quantitative estimate of drug-likeness (QED) is 0.721. The molecule has 6 nitrogen and oxygen atoms in total. The highest BCUT2D eigenvalue weighted by molar-refractivity contribution is 7.89. The van der Waals surface area contributed by atoms with Crippen LogP contribution in [0.2, 0.25) is 5.02 Å². The summed E-state index contributed by atoms with van der Waals surface area (Å²) in [6, 6.07) is 16.8. The number of benzene rings is 2. The predicted octanol–water partition coefficient (Wildman–Crippen LogP) is 3.60. The van der Waals surface area contributed by atoms with E-state index >= 15 is 0 Å². The van der Waals surface area contributed by atoms with Crippen molar-refractivity contribution in [1.29, 1.82) is 5.26 Å². The molecule has 0 bridgehead atoms. The first kappa shape index (κ1) is 18.9. The van der Waals surface area contributed by atoms with Crippen molar-refractivity contribution in [3.63, 3.8) is 0 Å². The lowest BCUT2D eigenvalue weighted by Crippen LogP contribution is -2.13.